The van der Waals surface area contributed by atoms with E-state index in [1.807, 2.05) is 27.7 Å². The summed E-state index contributed by atoms with van der Waals surface area (Å²) in [7, 11) is 0. The summed E-state index contributed by atoms with van der Waals surface area (Å²) in [5, 5.41) is -0.371. The van der Waals surface area contributed by atoms with Gasteiger partial charge in [-0.2, -0.15) is 0 Å². The standard InChI is InChI=1S/C18H24N2O4S2/c1-5-19(6-2)17(23)25-15-9-14(12-22)16(10-13(15)11-21)26-18(24)20(7-3)8-4/h9-12H,5-8H2,1-4H3. The molecular weight excluding hydrogens is 372 g/mol. The number of thioether (sulfide) groups is 2. The minimum atomic E-state index is -0.186. The van der Waals surface area contributed by atoms with Crippen LogP contribution in [0.25, 0.3) is 0 Å². The summed E-state index contributed by atoms with van der Waals surface area (Å²) in [5.74, 6) is 0. The molecule has 0 aliphatic rings. The second-order valence-corrected chi connectivity index (χ2v) is 7.23. The first kappa shape index (κ1) is 22.2. The van der Waals surface area contributed by atoms with Crippen molar-refractivity contribution in [2.45, 2.75) is 37.5 Å². The molecule has 6 nitrogen and oxygen atoms in total. The second kappa shape index (κ2) is 11.0. The molecule has 142 valence electrons. The lowest BCUT2D eigenvalue weighted by atomic mass is 10.1. The minimum Gasteiger partial charge on any atom is -0.334 e. The zero-order valence-corrected chi connectivity index (χ0v) is 17.1. The van der Waals surface area contributed by atoms with Crippen molar-refractivity contribution in [2.24, 2.45) is 0 Å². The molecule has 1 rings (SSSR count). The lowest BCUT2D eigenvalue weighted by Crippen LogP contribution is -2.27. The van der Waals surface area contributed by atoms with Crippen molar-refractivity contribution < 1.29 is 19.2 Å². The molecule has 0 aromatic heterocycles. The van der Waals surface area contributed by atoms with Crippen molar-refractivity contribution in [2.75, 3.05) is 26.2 Å². The highest BCUT2D eigenvalue weighted by Gasteiger charge is 2.19. The highest BCUT2D eigenvalue weighted by Crippen LogP contribution is 2.32. The van der Waals surface area contributed by atoms with Crippen molar-refractivity contribution in [3.05, 3.63) is 23.3 Å². The lowest BCUT2D eigenvalue weighted by Gasteiger charge is -2.19. The molecule has 2 amide bonds. The predicted octanol–water partition coefficient (Wildman–Crippen LogP) is 4.42. The van der Waals surface area contributed by atoms with Crippen LogP contribution in [0.15, 0.2) is 21.9 Å². The normalized spacial score (nSPS) is 10.3. The van der Waals surface area contributed by atoms with E-state index in [1.165, 1.54) is 12.1 Å². The van der Waals surface area contributed by atoms with Crippen LogP contribution in [0.1, 0.15) is 48.4 Å². The van der Waals surface area contributed by atoms with Gasteiger partial charge in [-0.3, -0.25) is 19.2 Å². The SMILES string of the molecule is CCN(CC)C(=O)Sc1cc(C=O)c(SC(=O)N(CC)CC)cc1C=O. The summed E-state index contributed by atoms with van der Waals surface area (Å²) in [6.45, 7) is 9.74. The van der Waals surface area contributed by atoms with Crippen LogP contribution in [0, 0.1) is 0 Å². The number of carbonyl (C=O) groups is 4. The first-order valence-electron chi connectivity index (χ1n) is 8.47. The molecule has 0 aliphatic heterocycles. The van der Waals surface area contributed by atoms with Crippen molar-refractivity contribution in [3.63, 3.8) is 0 Å². The number of hydrogen-bond donors (Lipinski definition) is 0. The Hall–Kier alpha value is -1.80. The van der Waals surface area contributed by atoms with Gasteiger partial charge < -0.3 is 9.80 Å². The molecule has 1 aromatic rings. The molecule has 1 aromatic carbocycles. The van der Waals surface area contributed by atoms with Crippen LogP contribution in [-0.4, -0.2) is 59.0 Å². The number of rotatable bonds is 8. The molecule has 8 heteroatoms. The maximum atomic E-state index is 12.3. The van der Waals surface area contributed by atoms with E-state index in [9.17, 15) is 19.2 Å². The molecule has 0 bridgehead atoms. The van der Waals surface area contributed by atoms with Crippen molar-refractivity contribution >= 4 is 46.6 Å². The maximum Gasteiger partial charge on any atom is 0.286 e. The highest BCUT2D eigenvalue weighted by atomic mass is 32.2. The van der Waals surface area contributed by atoms with Crippen molar-refractivity contribution in [3.8, 4) is 0 Å². The van der Waals surface area contributed by atoms with E-state index in [1.54, 1.807) is 9.80 Å². The van der Waals surface area contributed by atoms with Gasteiger partial charge in [0.25, 0.3) is 10.5 Å². The van der Waals surface area contributed by atoms with Gasteiger partial charge in [-0.05, 0) is 63.4 Å². The molecule has 0 saturated heterocycles. The number of amides is 2. The molecule has 0 saturated carbocycles. The van der Waals surface area contributed by atoms with Gasteiger partial charge in [0, 0.05) is 47.1 Å². The fourth-order valence-corrected chi connectivity index (χ4v) is 4.21. The van der Waals surface area contributed by atoms with E-state index in [4.69, 9.17) is 0 Å². The smallest absolute Gasteiger partial charge is 0.286 e. The fourth-order valence-electron chi connectivity index (χ4n) is 2.23. The van der Waals surface area contributed by atoms with E-state index in [-0.39, 0.29) is 21.6 Å². The van der Waals surface area contributed by atoms with Gasteiger partial charge in [0.2, 0.25) is 0 Å². The van der Waals surface area contributed by atoms with Crippen molar-refractivity contribution in [1.82, 2.24) is 9.80 Å². The van der Waals surface area contributed by atoms with Gasteiger partial charge in [0.15, 0.2) is 12.6 Å². The molecule has 0 aliphatic carbocycles. The van der Waals surface area contributed by atoms with E-state index in [0.29, 0.717) is 48.5 Å². The van der Waals surface area contributed by atoms with E-state index in [2.05, 4.69) is 0 Å². The van der Waals surface area contributed by atoms with Crippen LogP contribution in [0.5, 0.6) is 0 Å². The van der Waals surface area contributed by atoms with Gasteiger partial charge in [-0.1, -0.05) is 0 Å². The third kappa shape index (κ3) is 5.60. The topological polar surface area (TPSA) is 74.8 Å². The largest absolute Gasteiger partial charge is 0.334 e. The average molecular weight is 397 g/mol. The molecule has 0 unspecified atom stereocenters. The zero-order chi connectivity index (χ0) is 19.7. The quantitative estimate of drug-likeness (QED) is 0.478. The van der Waals surface area contributed by atoms with Crippen LogP contribution >= 0.6 is 23.5 Å². The molecule has 0 spiro atoms. The summed E-state index contributed by atoms with van der Waals surface area (Å²) in [6.07, 6.45) is 1.27. The Morgan fingerprint density at radius 3 is 1.31 bits per heavy atom. The molecule has 0 N–H and O–H groups in total. The van der Waals surface area contributed by atoms with Crippen LogP contribution in [0.3, 0.4) is 0 Å². The van der Waals surface area contributed by atoms with Gasteiger partial charge in [-0.15, -0.1) is 0 Å². The predicted molar refractivity (Wildman–Crippen MR) is 106 cm³/mol. The van der Waals surface area contributed by atoms with Crippen LogP contribution in [0.4, 0.5) is 9.59 Å². The van der Waals surface area contributed by atoms with Gasteiger partial charge in [0.05, 0.1) is 0 Å². The van der Waals surface area contributed by atoms with E-state index in [0.717, 1.165) is 23.5 Å². The second-order valence-electron chi connectivity index (χ2n) is 5.24. The summed E-state index contributed by atoms with van der Waals surface area (Å²) in [4.78, 5) is 51.6. The fraction of sp³-hybridized carbons (Fsp3) is 0.444. The number of nitrogens with zero attached hydrogens (tertiary/aromatic N) is 2. The summed E-state index contributed by atoms with van der Waals surface area (Å²) >= 11 is 1.83. The van der Waals surface area contributed by atoms with Crippen LogP contribution in [0.2, 0.25) is 0 Å². The highest BCUT2D eigenvalue weighted by molar-refractivity contribution is 8.14. The lowest BCUT2D eigenvalue weighted by molar-refractivity contribution is 0.110. The number of hydrogen-bond acceptors (Lipinski definition) is 6. The van der Waals surface area contributed by atoms with Crippen LogP contribution in [-0.2, 0) is 0 Å². The third-order valence-electron chi connectivity index (χ3n) is 3.83. The Balaban J connectivity index is 3.18. The molecular formula is C18H24N2O4S2. The Morgan fingerprint density at radius 1 is 0.769 bits per heavy atom. The Bertz CT molecular complexity index is 614. The molecule has 0 heterocycles. The first-order chi connectivity index (χ1) is 12.4. The molecule has 0 radical (unpaired) electrons. The van der Waals surface area contributed by atoms with Crippen molar-refractivity contribution in [1.29, 1.82) is 0 Å². The van der Waals surface area contributed by atoms with Gasteiger partial charge in [-0.25, -0.2) is 0 Å². The summed E-state index contributed by atoms with van der Waals surface area (Å²) < 4.78 is 0. The van der Waals surface area contributed by atoms with E-state index < -0.39 is 0 Å². The monoisotopic (exact) mass is 396 g/mol. The van der Waals surface area contributed by atoms with E-state index >= 15 is 0 Å². The molecule has 26 heavy (non-hydrogen) atoms. The minimum absolute atomic E-state index is 0.186. The first-order valence-corrected chi connectivity index (χ1v) is 10.1. The zero-order valence-electron chi connectivity index (χ0n) is 15.5. The average Bonchev–Trinajstić information content (AvgIpc) is 2.64. The van der Waals surface area contributed by atoms with Gasteiger partial charge in [0.1, 0.15) is 0 Å². The Morgan fingerprint density at radius 2 is 1.08 bits per heavy atom. The third-order valence-corrected chi connectivity index (χ3v) is 5.85. The maximum absolute atomic E-state index is 12.3. The van der Waals surface area contributed by atoms with Gasteiger partial charge >= 0.3 is 0 Å². The number of benzene rings is 1. The molecule has 0 atom stereocenters. The Labute approximate surface area is 162 Å². The number of aldehydes is 2. The summed E-state index contributed by atoms with van der Waals surface area (Å²) in [5.41, 5.74) is 0.576. The molecule has 0 fully saturated rings. The Kier molecular flexibility index (Phi) is 9.43. The summed E-state index contributed by atoms with van der Waals surface area (Å²) in [6, 6.07) is 3.00. The van der Waals surface area contributed by atoms with Crippen LogP contribution < -0.4 is 0 Å². The number of carbonyl (C=O) groups excluding carboxylic acids is 4.